The molecule has 0 radical (unpaired) electrons. The number of nitrogens with zero attached hydrogens (tertiary/aromatic N) is 4. The molecule has 0 bridgehead atoms. The highest BCUT2D eigenvalue weighted by molar-refractivity contribution is 5.90. The summed E-state index contributed by atoms with van der Waals surface area (Å²) < 4.78 is 46.2. The Bertz CT molecular complexity index is 1510. The average Bonchev–Trinajstić information content (AvgIpc) is 3.36. The molecule has 6 rings (SSSR count). The van der Waals surface area contributed by atoms with Gasteiger partial charge in [0.05, 0.1) is 17.6 Å². The van der Waals surface area contributed by atoms with Gasteiger partial charge in [-0.25, -0.2) is 9.78 Å². The Balaban J connectivity index is 1.23. The SMILES string of the molecule is Cc1cc2c(c3cn[nH]c13)CN(CC(F)(F)F)C(=O)[C@H](CC(=O)N1CCC3(CC1)OC(=O)Nc1ncccc13)C2. The summed E-state index contributed by atoms with van der Waals surface area (Å²) in [5.41, 5.74) is 2.75. The van der Waals surface area contributed by atoms with E-state index >= 15 is 0 Å². The minimum Gasteiger partial charge on any atom is -0.437 e. The van der Waals surface area contributed by atoms with Crippen molar-refractivity contribution in [3.63, 3.8) is 0 Å². The number of alkyl halides is 3. The molecule has 3 aromatic rings. The van der Waals surface area contributed by atoms with E-state index in [2.05, 4.69) is 20.5 Å². The maximum Gasteiger partial charge on any atom is 0.413 e. The molecule has 1 aromatic carbocycles. The number of aromatic amines is 1. The number of amides is 3. The molecule has 3 aliphatic rings. The highest BCUT2D eigenvalue weighted by Crippen LogP contribution is 2.43. The second-order valence-electron chi connectivity index (χ2n) is 10.7. The number of halogens is 3. The van der Waals surface area contributed by atoms with Crippen LogP contribution in [-0.4, -0.2) is 68.7 Å². The van der Waals surface area contributed by atoms with Crippen LogP contribution < -0.4 is 5.32 Å². The van der Waals surface area contributed by atoms with Gasteiger partial charge >= 0.3 is 12.3 Å². The summed E-state index contributed by atoms with van der Waals surface area (Å²) in [5, 5.41) is 10.2. The monoisotopic (exact) mass is 556 g/mol. The lowest BCUT2D eigenvalue weighted by molar-refractivity contribution is -0.165. The summed E-state index contributed by atoms with van der Waals surface area (Å²) in [6.45, 7) is 0.778. The number of ether oxygens (including phenoxy) is 1. The number of aromatic nitrogens is 3. The largest absolute Gasteiger partial charge is 0.437 e. The van der Waals surface area contributed by atoms with Gasteiger partial charge in [-0.15, -0.1) is 0 Å². The molecule has 5 heterocycles. The molecule has 40 heavy (non-hydrogen) atoms. The van der Waals surface area contributed by atoms with Crippen molar-refractivity contribution in [1.29, 1.82) is 0 Å². The van der Waals surface area contributed by atoms with Crippen LogP contribution in [0, 0.1) is 12.8 Å². The summed E-state index contributed by atoms with van der Waals surface area (Å²) in [6, 6.07) is 5.44. The molecule has 1 spiro atoms. The molecule has 0 unspecified atom stereocenters. The van der Waals surface area contributed by atoms with Gasteiger partial charge in [0, 0.05) is 56.0 Å². The van der Waals surface area contributed by atoms with Crippen molar-refractivity contribution in [2.75, 3.05) is 25.0 Å². The van der Waals surface area contributed by atoms with Crippen LogP contribution in [0.3, 0.4) is 0 Å². The Morgan fingerprint density at radius 3 is 2.77 bits per heavy atom. The Labute approximate surface area is 226 Å². The number of fused-ring (bicyclic) bond motifs is 5. The lowest BCUT2D eigenvalue weighted by atomic mass is 9.83. The van der Waals surface area contributed by atoms with Crippen molar-refractivity contribution in [1.82, 2.24) is 25.0 Å². The van der Waals surface area contributed by atoms with Crippen molar-refractivity contribution in [2.24, 2.45) is 5.92 Å². The number of rotatable bonds is 3. The number of aryl methyl sites for hydroxylation is 1. The van der Waals surface area contributed by atoms with Crippen LogP contribution in [-0.2, 0) is 32.9 Å². The van der Waals surface area contributed by atoms with Crippen LogP contribution in [0.15, 0.2) is 30.6 Å². The van der Waals surface area contributed by atoms with E-state index in [1.165, 1.54) is 0 Å². The molecule has 2 N–H and O–H groups in total. The third-order valence-electron chi connectivity index (χ3n) is 8.14. The number of H-pyrrole nitrogens is 1. The minimum atomic E-state index is -4.59. The van der Waals surface area contributed by atoms with Gasteiger partial charge in [-0.2, -0.15) is 18.3 Å². The minimum absolute atomic E-state index is 0.149. The first-order valence-electron chi connectivity index (χ1n) is 13.1. The van der Waals surface area contributed by atoms with E-state index in [0.29, 0.717) is 35.1 Å². The predicted molar refractivity (Wildman–Crippen MR) is 136 cm³/mol. The van der Waals surface area contributed by atoms with E-state index in [1.807, 2.05) is 19.1 Å². The smallest absolute Gasteiger partial charge is 0.413 e. The maximum absolute atomic E-state index is 13.5. The topological polar surface area (TPSA) is 121 Å². The zero-order chi connectivity index (χ0) is 28.2. The Hall–Kier alpha value is -4.16. The molecule has 13 heteroatoms. The molecule has 210 valence electrons. The third-order valence-corrected chi connectivity index (χ3v) is 8.14. The summed E-state index contributed by atoms with van der Waals surface area (Å²) in [6.07, 6.45) is -1.46. The van der Waals surface area contributed by atoms with Crippen molar-refractivity contribution >= 4 is 34.6 Å². The highest BCUT2D eigenvalue weighted by atomic mass is 19.4. The molecule has 10 nitrogen and oxygen atoms in total. The maximum atomic E-state index is 13.5. The fourth-order valence-electron chi connectivity index (χ4n) is 6.22. The molecule has 3 amide bonds. The van der Waals surface area contributed by atoms with Crippen molar-refractivity contribution < 1.29 is 32.3 Å². The number of piperidine rings is 1. The Morgan fingerprint density at radius 2 is 2.02 bits per heavy atom. The zero-order valence-corrected chi connectivity index (χ0v) is 21.7. The molecular weight excluding hydrogens is 529 g/mol. The van der Waals surface area contributed by atoms with Gasteiger partial charge < -0.3 is 14.5 Å². The third kappa shape index (κ3) is 4.62. The quantitative estimate of drug-likeness (QED) is 0.507. The standard InChI is InChI=1S/C27H27F3N6O4/c1-15-9-16-10-17(24(38)36(14-27(28,29)30)13-19(16)18-12-32-34-22(15)18)11-21(37)35-7-4-26(5-8-35)20-3-2-6-31-23(20)33-25(39)40-26/h2-3,6,9,12,17H,4-5,7-8,10-11,13-14H2,1H3,(H,32,34)(H,31,33,39)/t17-/m0/s1. The van der Waals surface area contributed by atoms with Gasteiger partial charge in [0.1, 0.15) is 18.0 Å². The molecule has 1 fully saturated rings. The van der Waals surface area contributed by atoms with E-state index in [9.17, 15) is 27.6 Å². The summed E-state index contributed by atoms with van der Waals surface area (Å²) in [4.78, 5) is 45.7. The number of hydrogen-bond donors (Lipinski definition) is 2. The number of carbonyl (C=O) groups excluding carboxylic acids is 3. The van der Waals surface area contributed by atoms with Crippen molar-refractivity contribution in [3.05, 3.63) is 52.8 Å². The fraction of sp³-hybridized carbons (Fsp3) is 0.444. The number of carbonyl (C=O) groups is 3. The number of nitrogens with one attached hydrogen (secondary N) is 2. The second-order valence-corrected chi connectivity index (χ2v) is 10.7. The van der Waals surface area contributed by atoms with Gasteiger partial charge in [0.25, 0.3) is 0 Å². The lowest BCUT2D eigenvalue weighted by Crippen LogP contribution is -2.50. The van der Waals surface area contributed by atoms with Crippen LogP contribution in [0.25, 0.3) is 10.9 Å². The Morgan fingerprint density at radius 1 is 1.25 bits per heavy atom. The normalized spacial score (nSPS) is 20.6. The van der Waals surface area contributed by atoms with Crippen LogP contribution in [0.2, 0.25) is 0 Å². The summed E-state index contributed by atoms with van der Waals surface area (Å²) >= 11 is 0. The van der Waals surface area contributed by atoms with Gasteiger partial charge in [-0.3, -0.25) is 20.0 Å². The van der Waals surface area contributed by atoms with Crippen molar-refractivity contribution in [3.8, 4) is 0 Å². The first-order chi connectivity index (χ1) is 19.0. The fourth-order valence-corrected chi connectivity index (χ4v) is 6.22. The summed E-state index contributed by atoms with van der Waals surface area (Å²) in [7, 11) is 0. The van der Waals surface area contributed by atoms with Crippen LogP contribution in [0.1, 0.15) is 41.5 Å². The predicted octanol–water partition coefficient (Wildman–Crippen LogP) is 3.80. The zero-order valence-electron chi connectivity index (χ0n) is 21.7. The van der Waals surface area contributed by atoms with Crippen LogP contribution in [0.5, 0.6) is 0 Å². The molecule has 0 saturated carbocycles. The van der Waals surface area contributed by atoms with Gasteiger partial charge in [-0.05, 0) is 42.2 Å². The highest BCUT2D eigenvalue weighted by Gasteiger charge is 2.46. The Kier molecular flexibility index (Phi) is 6.19. The van der Waals surface area contributed by atoms with Gasteiger partial charge in [-0.1, -0.05) is 6.07 Å². The van der Waals surface area contributed by atoms with E-state index < -0.39 is 36.2 Å². The number of anilines is 1. The molecule has 0 aliphatic carbocycles. The van der Waals surface area contributed by atoms with E-state index in [0.717, 1.165) is 21.6 Å². The number of pyridine rings is 1. The van der Waals surface area contributed by atoms with Crippen molar-refractivity contribution in [2.45, 2.75) is 50.9 Å². The average molecular weight is 557 g/mol. The first kappa shape index (κ1) is 26.1. The van der Waals surface area contributed by atoms with Crippen LogP contribution in [0.4, 0.5) is 23.8 Å². The van der Waals surface area contributed by atoms with Gasteiger partial charge in [0.15, 0.2) is 0 Å². The molecule has 1 saturated heterocycles. The number of hydrogen-bond acceptors (Lipinski definition) is 6. The van der Waals surface area contributed by atoms with E-state index in [4.69, 9.17) is 4.74 Å². The van der Waals surface area contributed by atoms with Gasteiger partial charge in [0.2, 0.25) is 11.8 Å². The first-order valence-corrected chi connectivity index (χ1v) is 13.1. The molecule has 3 aliphatic heterocycles. The van der Waals surface area contributed by atoms with E-state index in [-0.39, 0.29) is 38.4 Å². The van der Waals surface area contributed by atoms with E-state index in [1.54, 1.807) is 23.4 Å². The summed E-state index contributed by atoms with van der Waals surface area (Å²) in [5.74, 6) is -1.54. The van der Waals surface area contributed by atoms with Crippen LogP contribution >= 0.6 is 0 Å². The number of benzene rings is 1. The molecule has 2 aromatic heterocycles. The number of likely N-dealkylation sites (tertiary alicyclic amines) is 1. The lowest BCUT2D eigenvalue weighted by Gasteiger charge is -2.43. The second kappa shape index (κ2) is 9.49. The molecular formula is C27H27F3N6O4. The molecule has 1 atom stereocenters.